The summed E-state index contributed by atoms with van der Waals surface area (Å²) in [4.78, 5) is 21.6. The summed E-state index contributed by atoms with van der Waals surface area (Å²) in [5.74, 6) is -4.98. The van der Waals surface area contributed by atoms with Gasteiger partial charge in [0, 0.05) is 0 Å². The Balaban J connectivity index is 3.47. The first kappa shape index (κ1) is 17.3. The second-order valence-corrected chi connectivity index (χ2v) is 4.62. The van der Waals surface area contributed by atoms with Crippen molar-refractivity contribution in [3.05, 3.63) is 22.4 Å². The van der Waals surface area contributed by atoms with Gasteiger partial charge in [-0.3, -0.25) is 4.79 Å². The molecule has 1 atom stereocenters. The molecule has 0 saturated carbocycles. The number of rotatable bonds is 3. The fourth-order valence-electron chi connectivity index (χ4n) is 1.43. The lowest BCUT2D eigenvalue weighted by Gasteiger charge is -2.32. The molecular formula is C10H7F6NO3S. The number of amides is 1. The second-order valence-electron chi connectivity index (χ2n) is 3.67. The van der Waals surface area contributed by atoms with Crippen LogP contribution in [0.3, 0.4) is 0 Å². The molecule has 0 radical (unpaired) electrons. The molecule has 0 aliphatic carbocycles. The minimum atomic E-state index is -5.60. The molecule has 21 heavy (non-hydrogen) atoms. The number of carbonyl (C=O) groups is 2. The first-order chi connectivity index (χ1) is 9.46. The predicted octanol–water partition coefficient (Wildman–Crippen LogP) is 2.36. The molecule has 11 heteroatoms. The number of hydrogen-bond donors (Lipinski definition) is 1. The van der Waals surface area contributed by atoms with Gasteiger partial charge in [0.2, 0.25) is 0 Å². The number of methoxy groups -OCH3 is 1. The SMILES string of the molecule is COC(=O)[C@](NC(=O)C(F)(F)F)(c1cccs1)C(F)(F)F. The zero-order valence-corrected chi connectivity index (χ0v) is 10.9. The largest absolute Gasteiger partial charge is 0.471 e. The summed E-state index contributed by atoms with van der Waals surface area (Å²) in [6, 6.07) is 1.86. The van der Waals surface area contributed by atoms with Crippen LogP contribution in [0.2, 0.25) is 0 Å². The molecule has 0 fully saturated rings. The lowest BCUT2D eigenvalue weighted by atomic mass is 9.96. The van der Waals surface area contributed by atoms with E-state index in [4.69, 9.17) is 0 Å². The molecule has 118 valence electrons. The molecule has 1 aromatic heterocycles. The monoisotopic (exact) mass is 335 g/mol. The number of hydrogen-bond acceptors (Lipinski definition) is 4. The summed E-state index contributed by atoms with van der Waals surface area (Å²) in [6.07, 6.45) is -11.1. The molecule has 0 aliphatic heterocycles. The van der Waals surface area contributed by atoms with Crippen LogP contribution in [0.5, 0.6) is 0 Å². The highest BCUT2D eigenvalue weighted by molar-refractivity contribution is 7.10. The van der Waals surface area contributed by atoms with Crippen LogP contribution >= 0.6 is 11.3 Å². The van der Waals surface area contributed by atoms with Gasteiger partial charge in [-0.05, 0) is 11.4 Å². The van der Waals surface area contributed by atoms with Crippen LogP contribution in [0.25, 0.3) is 0 Å². The Morgan fingerprint density at radius 1 is 1.19 bits per heavy atom. The highest BCUT2D eigenvalue weighted by Gasteiger charge is 2.66. The molecule has 1 aromatic rings. The third kappa shape index (κ3) is 3.12. The first-order valence-electron chi connectivity index (χ1n) is 5.05. The minimum Gasteiger partial charge on any atom is -0.467 e. The van der Waals surface area contributed by atoms with Crippen molar-refractivity contribution in [3.63, 3.8) is 0 Å². The Labute approximate surface area is 117 Å². The van der Waals surface area contributed by atoms with Crippen LogP contribution in [-0.2, 0) is 19.9 Å². The Hall–Kier alpha value is -1.78. The van der Waals surface area contributed by atoms with Crippen molar-refractivity contribution in [2.24, 2.45) is 0 Å². The van der Waals surface area contributed by atoms with Gasteiger partial charge >= 0.3 is 24.2 Å². The van der Waals surface area contributed by atoms with Crippen LogP contribution in [0.15, 0.2) is 17.5 Å². The van der Waals surface area contributed by atoms with E-state index in [1.807, 2.05) is 0 Å². The lowest BCUT2D eigenvalue weighted by Crippen LogP contribution is -2.63. The van der Waals surface area contributed by atoms with Gasteiger partial charge < -0.3 is 10.1 Å². The maximum absolute atomic E-state index is 13.2. The molecule has 0 spiro atoms. The molecule has 0 saturated heterocycles. The van der Waals surface area contributed by atoms with Gasteiger partial charge in [0.1, 0.15) is 0 Å². The van der Waals surface area contributed by atoms with Crippen LogP contribution in [0.1, 0.15) is 4.88 Å². The van der Waals surface area contributed by atoms with Crippen LogP contribution in [0, 0.1) is 0 Å². The molecule has 1 N–H and O–H groups in total. The summed E-state index contributed by atoms with van der Waals surface area (Å²) in [5.41, 5.74) is -3.91. The molecule has 4 nitrogen and oxygen atoms in total. The molecule has 1 rings (SSSR count). The molecular weight excluding hydrogens is 328 g/mol. The number of carbonyl (C=O) groups excluding carboxylic acids is 2. The lowest BCUT2D eigenvalue weighted by molar-refractivity contribution is -0.222. The van der Waals surface area contributed by atoms with Gasteiger partial charge in [0.15, 0.2) is 0 Å². The van der Waals surface area contributed by atoms with Crippen molar-refractivity contribution in [2.45, 2.75) is 17.9 Å². The Kier molecular flexibility index (Phi) is 4.56. The van der Waals surface area contributed by atoms with Crippen molar-refractivity contribution in [3.8, 4) is 0 Å². The fraction of sp³-hybridized carbons (Fsp3) is 0.400. The number of esters is 1. The molecule has 0 bridgehead atoms. The maximum atomic E-state index is 13.2. The fourth-order valence-corrected chi connectivity index (χ4v) is 2.31. The van der Waals surface area contributed by atoms with Crippen LogP contribution < -0.4 is 5.32 Å². The summed E-state index contributed by atoms with van der Waals surface area (Å²) in [5, 5.41) is 1.82. The van der Waals surface area contributed by atoms with Gasteiger partial charge in [0.25, 0.3) is 5.54 Å². The molecule has 0 unspecified atom stereocenters. The summed E-state index contributed by atoms with van der Waals surface area (Å²) in [7, 11) is 0.566. The van der Waals surface area contributed by atoms with E-state index in [0.29, 0.717) is 23.8 Å². The van der Waals surface area contributed by atoms with E-state index in [2.05, 4.69) is 4.74 Å². The number of thiophene rings is 1. The Morgan fingerprint density at radius 2 is 1.76 bits per heavy atom. The maximum Gasteiger partial charge on any atom is 0.471 e. The highest BCUT2D eigenvalue weighted by atomic mass is 32.1. The molecule has 0 aromatic carbocycles. The third-order valence-electron chi connectivity index (χ3n) is 2.37. The Morgan fingerprint density at radius 3 is 2.10 bits per heavy atom. The van der Waals surface area contributed by atoms with Gasteiger partial charge in [-0.1, -0.05) is 6.07 Å². The number of alkyl halides is 6. The van der Waals surface area contributed by atoms with E-state index in [1.165, 1.54) is 0 Å². The molecule has 1 heterocycles. The quantitative estimate of drug-likeness (QED) is 0.681. The smallest absolute Gasteiger partial charge is 0.467 e. The van der Waals surface area contributed by atoms with E-state index in [1.54, 1.807) is 0 Å². The average Bonchev–Trinajstić information content (AvgIpc) is 2.85. The topological polar surface area (TPSA) is 55.4 Å². The third-order valence-corrected chi connectivity index (χ3v) is 3.36. The standard InChI is InChI=1S/C10H7F6NO3S/c1-20-7(19)8(10(14,15)16,5-3-2-4-21-5)17-6(18)9(11,12)13/h2-4H,1H3,(H,17,18)/t8-/m1/s1. The van der Waals surface area contributed by atoms with Gasteiger partial charge in [-0.25, -0.2) is 4.79 Å². The zero-order chi connectivity index (χ0) is 16.5. The molecule has 1 amide bonds. The minimum absolute atomic E-state index is 0.350. The Bertz CT molecular complexity index is 524. The van der Waals surface area contributed by atoms with E-state index in [0.717, 1.165) is 17.5 Å². The number of halogens is 6. The molecule has 0 aliphatic rings. The normalized spacial score (nSPS) is 15.2. The van der Waals surface area contributed by atoms with Crippen molar-refractivity contribution in [1.29, 1.82) is 0 Å². The predicted molar refractivity (Wildman–Crippen MR) is 58.3 cm³/mol. The van der Waals surface area contributed by atoms with E-state index >= 15 is 0 Å². The first-order valence-corrected chi connectivity index (χ1v) is 5.93. The summed E-state index contributed by atoms with van der Waals surface area (Å²) >= 11 is 0.350. The van der Waals surface area contributed by atoms with Crippen molar-refractivity contribution < 1.29 is 40.7 Å². The second kappa shape index (κ2) is 5.54. The van der Waals surface area contributed by atoms with Crippen molar-refractivity contribution in [1.82, 2.24) is 5.32 Å². The number of nitrogens with one attached hydrogen (secondary N) is 1. The van der Waals surface area contributed by atoms with E-state index in [9.17, 15) is 35.9 Å². The summed E-state index contributed by atoms with van der Waals surface area (Å²) < 4.78 is 80.4. The van der Waals surface area contributed by atoms with Gasteiger partial charge in [0.05, 0.1) is 12.0 Å². The van der Waals surface area contributed by atoms with Crippen LogP contribution in [0.4, 0.5) is 26.3 Å². The van der Waals surface area contributed by atoms with Crippen molar-refractivity contribution in [2.75, 3.05) is 7.11 Å². The van der Waals surface area contributed by atoms with E-state index in [-0.39, 0.29) is 0 Å². The summed E-state index contributed by atoms with van der Waals surface area (Å²) in [6.45, 7) is 0. The van der Waals surface area contributed by atoms with Crippen LogP contribution in [-0.4, -0.2) is 31.3 Å². The average molecular weight is 335 g/mol. The van der Waals surface area contributed by atoms with Crippen molar-refractivity contribution >= 4 is 23.2 Å². The zero-order valence-electron chi connectivity index (χ0n) is 10.1. The van der Waals surface area contributed by atoms with Gasteiger partial charge in [-0.15, -0.1) is 11.3 Å². The highest BCUT2D eigenvalue weighted by Crippen LogP contribution is 2.42. The van der Waals surface area contributed by atoms with E-state index < -0.39 is 34.6 Å². The van der Waals surface area contributed by atoms with Gasteiger partial charge in [-0.2, -0.15) is 26.3 Å². The number of ether oxygens (including phenoxy) is 1.